The molecular formula is C22H12F6O5. The molecule has 0 aliphatic carbocycles. The Morgan fingerprint density at radius 1 is 0.667 bits per heavy atom. The topological polar surface area (TPSA) is 83.8 Å². The lowest BCUT2D eigenvalue weighted by Crippen LogP contribution is -2.26. The van der Waals surface area contributed by atoms with E-state index in [2.05, 4.69) is 0 Å². The molecule has 0 aliphatic rings. The summed E-state index contributed by atoms with van der Waals surface area (Å²) < 4.78 is 89.4. The van der Waals surface area contributed by atoms with Gasteiger partial charge in [-0.2, -0.15) is 26.3 Å². The first kappa shape index (κ1) is 23.6. The van der Waals surface area contributed by atoms with Gasteiger partial charge < -0.3 is 14.9 Å². The van der Waals surface area contributed by atoms with Crippen molar-refractivity contribution < 1.29 is 50.9 Å². The molecule has 3 aromatic rings. The highest BCUT2D eigenvalue weighted by atomic mass is 19.4. The molecule has 3 rings (SSSR count). The number of rotatable bonds is 5. The Bertz CT molecular complexity index is 1200. The number of ether oxygens (including phenoxy) is 1. The van der Waals surface area contributed by atoms with Crippen molar-refractivity contribution >= 4 is 11.9 Å². The maximum Gasteiger partial charge on any atom is 0.417 e. The van der Waals surface area contributed by atoms with Crippen molar-refractivity contribution in [2.45, 2.75) is 12.4 Å². The van der Waals surface area contributed by atoms with Crippen LogP contribution in [0.2, 0.25) is 0 Å². The van der Waals surface area contributed by atoms with E-state index in [1.807, 2.05) is 0 Å². The molecular weight excluding hydrogens is 458 g/mol. The minimum absolute atomic E-state index is 0.221. The van der Waals surface area contributed by atoms with Crippen molar-refractivity contribution in [2.24, 2.45) is 0 Å². The predicted molar refractivity (Wildman–Crippen MR) is 102 cm³/mol. The second-order valence-corrected chi connectivity index (χ2v) is 6.59. The first-order valence-corrected chi connectivity index (χ1v) is 8.97. The predicted octanol–water partition coefficient (Wildman–Crippen LogP) is 6.58. The zero-order valence-corrected chi connectivity index (χ0v) is 16.2. The number of benzene rings is 3. The van der Waals surface area contributed by atoms with Gasteiger partial charge in [0, 0.05) is 5.56 Å². The van der Waals surface area contributed by atoms with Crippen LogP contribution in [0.15, 0.2) is 60.7 Å². The van der Waals surface area contributed by atoms with Crippen LogP contribution in [0.3, 0.4) is 0 Å². The molecule has 0 spiro atoms. The number of alkyl halides is 6. The quantitative estimate of drug-likeness (QED) is 0.412. The molecule has 0 atom stereocenters. The molecule has 172 valence electrons. The van der Waals surface area contributed by atoms with E-state index in [9.17, 15) is 46.1 Å². The van der Waals surface area contributed by atoms with Gasteiger partial charge in [0.25, 0.3) is 0 Å². The van der Waals surface area contributed by atoms with E-state index in [0.29, 0.717) is 0 Å². The van der Waals surface area contributed by atoms with Crippen LogP contribution in [0, 0.1) is 0 Å². The highest BCUT2D eigenvalue weighted by Gasteiger charge is 2.51. The lowest BCUT2D eigenvalue weighted by atomic mass is 9.86. The van der Waals surface area contributed by atoms with Crippen LogP contribution in [0.1, 0.15) is 31.8 Å². The minimum Gasteiger partial charge on any atom is -0.478 e. The number of para-hydroxylation sites is 1. The van der Waals surface area contributed by atoms with E-state index >= 15 is 0 Å². The lowest BCUT2D eigenvalue weighted by Gasteiger charge is -2.26. The van der Waals surface area contributed by atoms with E-state index in [0.717, 1.165) is 12.1 Å². The van der Waals surface area contributed by atoms with Gasteiger partial charge in [0.15, 0.2) is 5.75 Å². The number of hydrogen-bond acceptors (Lipinski definition) is 3. The summed E-state index contributed by atoms with van der Waals surface area (Å²) in [6, 6.07) is 12.6. The molecule has 0 saturated heterocycles. The third kappa shape index (κ3) is 4.61. The fourth-order valence-corrected chi connectivity index (χ4v) is 3.30. The maximum absolute atomic E-state index is 14.1. The molecule has 0 heterocycles. The second-order valence-electron chi connectivity index (χ2n) is 6.59. The SMILES string of the molecule is O=C(O)c1c(Oc2ccccc2)c(-c2ccccc2)c(C(F)(F)F)c(C(F)(F)F)c1C(=O)O. The number of aromatic carboxylic acids is 2. The van der Waals surface area contributed by atoms with Gasteiger partial charge in [-0.3, -0.25) is 0 Å². The Hall–Kier alpha value is -4.02. The molecule has 3 aromatic carbocycles. The third-order valence-electron chi connectivity index (χ3n) is 4.47. The van der Waals surface area contributed by atoms with Crippen molar-refractivity contribution in [3.8, 4) is 22.6 Å². The Balaban J connectivity index is 2.66. The van der Waals surface area contributed by atoms with E-state index in [-0.39, 0.29) is 5.75 Å². The highest BCUT2D eigenvalue weighted by Crippen LogP contribution is 2.52. The Labute approximate surface area is 181 Å². The van der Waals surface area contributed by atoms with Gasteiger partial charge >= 0.3 is 24.3 Å². The third-order valence-corrected chi connectivity index (χ3v) is 4.47. The van der Waals surface area contributed by atoms with Gasteiger partial charge in [-0.1, -0.05) is 48.5 Å². The second kappa shape index (κ2) is 8.49. The van der Waals surface area contributed by atoms with Crippen LogP contribution in [-0.2, 0) is 12.4 Å². The Morgan fingerprint density at radius 2 is 1.12 bits per heavy atom. The standard InChI is InChI=1S/C22H12F6O5/c23-21(24,25)16-13(11-7-3-1-4-8-11)18(33-12-9-5-2-6-10-12)15(20(31)32)14(19(29)30)17(16)22(26,27)28/h1-10H,(H,29,30)(H,31,32). The van der Waals surface area contributed by atoms with Crippen molar-refractivity contribution in [2.75, 3.05) is 0 Å². The molecule has 11 heteroatoms. The molecule has 5 nitrogen and oxygen atoms in total. The van der Waals surface area contributed by atoms with Crippen molar-refractivity contribution in [3.63, 3.8) is 0 Å². The average Bonchev–Trinajstić information content (AvgIpc) is 2.72. The molecule has 0 unspecified atom stereocenters. The average molecular weight is 470 g/mol. The zero-order chi connectivity index (χ0) is 24.6. The summed E-state index contributed by atoms with van der Waals surface area (Å²) in [6.45, 7) is 0. The summed E-state index contributed by atoms with van der Waals surface area (Å²) in [5.74, 6) is -6.13. The molecule has 0 radical (unpaired) electrons. The summed E-state index contributed by atoms with van der Waals surface area (Å²) in [5.41, 5.74) is -10.3. The van der Waals surface area contributed by atoms with E-state index < -0.39 is 63.4 Å². The van der Waals surface area contributed by atoms with E-state index in [1.54, 1.807) is 0 Å². The summed E-state index contributed by atoms with van der Waals surface area (Å²) in [4.78, 5) is 23.7. The van der Waals surface area contributed by atoms with E-state index in [1.165, 1.54) is 48.5 Å². The van der Waals surface area contributed by atoms with Crippen LogP contribution >= 0.6 is 0 Å². The molecule has 2 N–H and O–H groups in total. The van der Waals surface area contributed by atoms with Gasteiger partial charge in [0.05, 0.1) is 16.7 Å². The lowest BCUT2D eigenvalue weighted by molar-refractivity contribution is -0.162. The normalized spacial score (nSPS) is 11.8. The van der Waals surface area contributed by atoms with Crippen LogP contribution in [-0.4, -0.2) is 22.2 Å². The zero-order valence-electron chi connectivity index (χ0n) is 16.2. The van der Waals surface area contributed by atoms with Gasteiger partial charge in [-0.05, 0) is 17.7 Å². The fraction of sp³-hybridized carbons (Fsp3) is 0.0909. The van der Waals surface area contributed by atoms with Crippen molar-refractivity contribution in [3.05, 3.63) is 82.9 Å². The van der Waals surface area contributed by atoms with Gasteiger partial charge in [-0.25, -0.2) is 9.59 Å². The summed E-state index contributed by atoms with van der Waals surface area (Å²) in [5, 5.41) is 19.1. The highest BCUT2D eigenvalue weighted by molar-refractivity contribution is 6.08. The van der Waals surface area contributed by atoms with Crippen molar-refractivity contribution in [1.29, 1.82) is 0 Å². The van der Waals surface area contributed by atoms with Crippen LogP contribution < -0.4 is 4.74 Å². The van der Waals surface area contributed by atoms with Crippen LogP contribution in [0.25, 0.3) is 11.1 Å². The molecule has 0 bridgehead atoms. The van der Waals surface area contributed by atoms with E-state index in [4.69, 9.17) is 4.74 Å². The summed E-state index contributed by atoms with van der Waals surface area (Å²) in [7, 11) is 0. The largest absolute Gasteiger partial charge is 0.478 e. The number of hydrogen-bond donors (Lipinski definition) is 2. The number of carboxylic acids is 2. The smallest absolute Gasteiger partial charge is 0.417 e. The van der Waals surface area contributed by atoms with Crippen molar-refractivity contribution in [1.82, 2.24) is 0 Å². The molecule has 0 aromatic heterocycles. The van der Waals surface area contributed by atoms with Crippen LogP contribution in [0.5, 0.6) is 11.5 Å². The molecule has 0 amide bonds. The van der Waals surface area contributed by atoms with Gasteiger partial charge in [-0.15, -0.1) is 0 Å². The number of carboxylic acid groups (broad SMARTS) is 2. The fourth-order valence-electron chi connectivity index (χ4n) is 3.30. The minimum atomic E-state index is -5.86. The Morgan fingerprint density at radius 3 is 1.55 bits per heavy atom. The summed E-state index contributed by atoms with van der Waals surface area (Å²) >= 11 is 0. The molecule has 33 heavy (non-hydrogen) atoms. The van der Waals surface area contributed by atoms with Crippen LogP contribution in [0.4, 0.5) is 26.3 Å². The maximum atomic E-state index is 14.1. The van der Waals surface area contributed by atoms with Gasteiger partial charge in [0.2, 0.25) is 0 Å². The molecule has 0 aliphatic heterocycles. The molecule has 0 fully saturated rings. The molecule has 0 saturated carbocycles. The number of halogens is 6. The van der Waals surface area contributed by atoms with Gasteiger partial charge in [0.1, 0.15) is 11.3 Å². The summed E-state index contributed by atoms with van der Waals surface area (Å²) in [6.07, 6.45) is -11.6. The Kier molecular flexibility index (Phi) is 6.08. The first-order chi connectivity index (χ1) is 15.3. The number of carbonyl (C=O) groups is 2. The first-order valence-electron chi connectivity index (χ1n) is 8.97. The monoisotopic (exact) mass is 470 g/mol.